The molecule has 26 heavy (non-hydrogen) atoms. The average molecular weight is 392 g/mol. The molecule has 1 aromatic heterocycles. The fraction of sp³-hybridized carbons (Fsp3) is 0.375. The van der Waals surface area contributed by atoms with Crippen molar-refractivity contribution in [2.45, 2.75) is 25.6 Å². The maximum absolute atomic E-state index is 13.3. The van der Waals surface area contributed by atoms with Crippen molar-refractivity contribution in [2.24, 2.45) is 4.99 Å². The Balaban J connectivity index is 1.87. The normalized spacial score (nSPS) is 13.6. The molecule has 0 bridgehead atoms. The Morgan fingerprint density at radius 1 is 1.23 bits per heavy atom. The van der Waals surface area contributed by atoms with Crippen molar-refractivity contribution in [3.8, 4) is 0 Å². The van der Waals surface area contributed by atoms with E-state index in [1.165, 1.54) is 13.1 Å². The Labute approximate surface area is 151 Å². The van der Waals surface area contributed by atoms with Gasteiger partial charge in [-0.1, -0.05) is 13.0 Å². The van der Waals surface area contributed by atoms with Gasteiger partial charge in [-0.2, -0.15) is 13.2 Å². The number of guanidine groups is 1. The van der Waals surface area contributed by atoms with Crippen LogP contribution in [0.25, 0.3) is 0 Å². The summed E-state index contributed by atoms with van der Waals surface area (Å²) in [6, 6.07) is 3.69. The molecular formula is C16H17F5N4S. The first-order valence-electron chi connectivity index (χ1n) is 7.61. The highest BCUT2D eigenvalue weighted by molar-refractivity contribution is 7.09. The van der Waals surface area contributed by atoms with Gasteiger partial charge in [-0.3, -0.25) is 4.99 Å². The van der Waals surface area contributed by atoms with E-state index < -0.39 is 23.5 Å². The molecule has 0 fully saturated rings. The molecule has 4 nitrogen and oxygen atoms in total. The van der Waals surface area contributed by atoms with Gasteiger partial charge in [0.05, 0.1) is 6.54 Å². The van der Waals surface area contributed by atoms with E-state index in [1.54, 1.807) is 0 Å². The first-order chi connectivity index (χ1) is 12.2. The van der Waals surface area contributed by atoms with Crippen LogP contribution in [0.4, 0.5) is 22.0 Å². The minimum atomic E-state index is -4.46. The van der Waals surface area contributed by atoms with Gasteiger partial charge in [0.2, 0.25) is 0 Å². The molecule has 2 rings (SSSR count). The van der Waals surface area contributed by atoms with Gasteiger partial charge < -0.3 is 10.6 Å². The van der Waals surface area contributed by atoms with Gasteiger partial charge >= 0.3 is 6.18 Å². The summed E-state index contributed by atoms with van der Waals surface area (Å²) in [7, 11) is 1.51. The zero-order valence-electron chi connectivity index (χ0n) is 14.0. The van der Waals surface area contributed by atoms with Crippen molar-refractivity contribution in [1.82, 2.24) is 15.6 Å². The fourth-order valence-electron chi connectivity index (χ4n) is 2.09. The number of hydrogen-bond acceptors (Lipinski definition) is 3. The Bertz CT molecular complexity index is 772. The highest BCUT2D eigenvalue weighted by Gasteiger charge is 2.33. The summed E-state index contributed by atoms with van der Waals surface area (Å²) < 4.78 is 63.8. The summed E-state index contributed by atoms with van der Waals surface area (Å²) in [4.78, 5) is 7.49. The van der Waals surface area contributed by atoms with Crippen molar-refractivity contribution in [3.05, 3.63) is 51.5 Å². The van der Waals surface area contributed by atoms with Gasteiger partial charge in [0.15, 0.2) is 23.3 Å². The Morgan fingerprint density at radius 2 is 1.96 bits per heavy atom. The number of nitrogens with one attached hydrogen (secondary N) is 2. The van der Waals surface area contributed by atoms with Crippen LogP contribution in [-0.4, -0.2) is 24.5 Å². The van der Waals surface area contributed by atoms with E-state index in [0.29, 0.717) is 18.1 Å². The lowest BCUT2D eigenvalue weighted by atomic mass is 10.0. The summed E-state index contributed by atoms with van der Waals surface area (Å²) in [5.74, 6) is -1.60. The zero-order chi connectivity index (χ0) is 19.3. The van der Waals surface area contributed by atoms with Crippen LogP contribution in [0.1, 0.15) is 29.1 Å². The van der Waals surface area contributed by atoms with Crippen LogP contribution in [-0.2, 0) is 12.7 Å². The lowest BCUT2D eigenvalue weighted by Gasteiger charge is -2.16. The molecule has 10 heteroatoms. The van der Waals surface area contributed by atoms with E-state index in [1.807, 2.05) is 6.92 Å². The van der Waals surface area contributed by atoms with Gasteiger partial charge in [-0.25, -0.2) is 13.8 Å². The monoisotopic (exact) mass is 392 g/mol. The summed E-state index contributed by atoms with van der Waals surface area (Å²) in [6.07, 6.45) is -4.46. The van der Waals surface area contributed by atoms with Gasteiger partial charge in [-0.15, -0.1) is 11.3 Å². The number of nitrogens with zero attached hydrogens (tertiary/aromatic N) is 2. The van der Waals surface area contributed by atoms with Crippen LogP contribution in [0.15, 0.2) is 28.6 Å². The van der Waals surface area contributed by atoms with Crippen LogP contribution in [0.3, 0.4) is 0 Å². The summed E-state index contributed by atoms with van der Waals surface area (Å²) >= 11 is 0.900. The zero-order valence-corrected chi connectivity index (χ0v) is 14.8. The molecule has 142 valence electrons. The van der Waals surface area contributed by atoms with Crippen molar-refractivity contribution >= 4 is 17.3 Å². The standard InChI is InChI=1S/C16H17F5N4S/c1-9(10-3-4-11(17)12(18)5-10)6-23-15(22-2)24-7-14-25-13(8-26-14)16(19,20)21/h3-5,8-9H,6-7H2,1-2H3,(H2,22,23,24). The molecule has 2 aromatic rings. The van der Waals surface area contributed by atoms with Crippen LogP contribution in [0.5, 0.6) is 0 Å². The number of aromatic nitrogens is 1. The van der Waals surface area contributed by atoms with Gasteiger partial charge in [0, 0.05) is 19.0 Å². The lowest BCUT2D eigenvalue weighted by Crippen LogP contribution is -2.38. The van der Waals surface area contributed by atoms with Crippen LogP contribution < -0.4 is 10.6 Å². The third kappa shape index (κ3) is 5.38. The predicted molar refractivity (Wildman–Crippen MR) is 90.1 cm³/mol. The maximum Gasteiger partial charge on any atom is 0.434 e. The number of aliphatic imine (C=N–C) groups is 1. The first-order valence-corrected chi connectivity index (χ1v) is 8.49. The molecule has 0 aliphatic heterocycles. The largest absolute Gasteiger partial charge is 0.434 e. The second kappa shape index (κ2) is 8.43. The Kier molecular flexibility index (Phi) is 6.52. The van der Waals surface area contributed by atoms with E-state index in [0.717, 1.165) is 28.8 Å². The van der Waals surface area contributed by atoms with E-state index >= 15 is 0 Å². The second-order valence-electron chi connectivity index (χ2n) is 5.51. The summed E-state index contributed by atoms with van der Waals surface area (Å²) in [5.41, 5.74) is -0.309. The number of alkyl halides is 3. The van der Waals surface area contributed by atoms with E-state index in [9.17, 15) is 22.0 Å². The number of thiazole rings is 1. The molecule has 0 saturated carbocycles. The number of hydrogen-bond donors (Lipinski definition) is 2. The Morgan fingerprint density at radius 3 is 2.54 bits per heavy atom. The maximum atomic E-state index is 13.3. The number of halogens is 5. The number of rotatable bonds is 5. The third-order valence-electron chi connectivity index (χ3n) is 3.56. The molecule has 0 amide bonds. The summed E-state index contributed by atoms with van der Waals surface area (Å²) in [5, 5.41) is 7.08. The smallest absolute Gasteiger partial charge is 0.356 e. The predicted octanol–water partition coefficient (Wildman–Crippen LogP) is 3.91. The molecule has 0 spiro atoms. The molecule has 2 N–H and O–H groups in total. The molecule has 0 aliphatic carbocycles. The molecule has 1 atom stereocenters. The van der Waals surface area contributed by atoms with E-state index in [-0.39, 0.29) is 17.5 Å². The van der Waals surface area contributed by atoms with Crippen LogP contribution in [0, 0.1) is 11.6 Å². The highest BCUT2D eigenvalue weighted by Crippen LogP contribution is 2.29. The average Bonchev–Trinajstić information content (AvgIpc) is 3.06. The highest BCUT2D eigenvalue weighted by atomic mass is 32.1. The Hall–Kier alpha value is -2.23. The minimum absolute atomic E-state index is 0.0833. The topological polar surface area (TPSA) is 49.3 Å². The second-order valence-corrected chi connectivity index (χ2v) is 6.45. The van der Waals surface area contributed by atoms with Crippen molar-refractivity contribution < 1.29 is 22.0 Å². The van der Waals surface area contributed by atoms with E-state index in [4.69, 9.17) is 0 Å². The SMILES string of the molecule is CN=C(NCc1nc(C(F)(F)F)cs1)NCC(C)c1ccc(F)c(F)c1. The van der Waals surface area contributed by atoms with Crippen molar-refractivity contribution in [1.29, 1.82) is 0 Å². The summed E-state index contributed by atoms with van der Waals surface area (Å²) in [6.45, 7) is 2.28. The molecule has 1 unspecified atom stereocenters. The third-order valence-corrected chi connectivity index (χ3v) is 4.41. The lowest BCUT2D eigenvalue weighted by molar-refractivity contribution is -0.140. The molecule has 0 saturated heterocycles. The minimum Gasteiger partial charge on any atom is -0.356 e. The van der Waals surface area contributed by atoms with Gasteiger partial charge in [-0.05, 0) is 23.6 Å². The van der Waals surface area contributed by atoms with Gasteiger partial charge in [0.1, 0.15) is 5.01 Å². The van der Waals surface area contributed by atoms with E-state index in [2.05, 4.69) is 20.6 Å². The first kappa shape index (κ1) is 20.1. The quantitative estimate of drug-likeness (QED) is 0.461. The van der Waals surface area contributed by atoms with Gasteiger partial charge in [0.25, 0.3) is 0 Å². The van der Waals surface area contributed by atoms with Crippen molar-refractivity contribution in [2.75, 3.05) is 13.6 Å². The molecule has 0 radical (unpaired) electrons. The van der Waals surface area contributed by atoms with Crippen LogP contribution >= 0.6 is 11.3 Å². The molecular weight excluding hydrogens is 375 g/mol. The number of benzene rings is 1. The molecule has 0 aliphatic rings. The fourth-order valence-corrected chi connectivity index (χ4v) is 2.83. The molecule has 1 heterocycles. The van der Waals surface area contributed by atoms with Crippen molar-refractivity contribution in [3.63, 3.8) is 0 Å². The van der Waals surface area contributed by atoms with Crippen LogP contribution in [0.2, 0.25) is 0 Å². The molecule has 1 aromatic carbocycles.